The molecular weight excluding hydrogens is 240 g/mol. The zero-order valence-electron chi connectivity index (χ0n) is 9.51. The van der Waals surface area contributed by atoms with Gasteiger partial charge in [-0.15, -0.1) is 11.8 Å². The highest BCUT2D eigenvalue weighted by molar-refractivity contribution is 8.12. The molecular formula is C12H16O2S2. The van der Waals surface area contributed by atoms with E-state index in [1.807, 2.05) is 32.0 Å². The average Bonchev–Trinajstić information content (AvgIpc) is 2.35. The van der Waals surface area contributed by atoms with Crippen molar-refractivity contribution in [3.63, 3.8) is 0 Å². The Balaban J connectivity index is 2.87. The van der Waals surface area contributed by atoms with Gasteiger partial charge < -0.3 is 0 Å². The lowest BCUT2D eigenvalue weighted by molar-refractivity contribution is 0.101. The Bertz CT molecular complexity index is 363. The summed E-state index contributed by atoms with van der Waals surface area (Å²) in [6, 6.07) is 9.08. The van der Waals surface area contributed by atoms with Gasteiger partial charge in [0.15, 0.2) is 5.78 Å². The Morgan fingerprint density at radius 3 is 2.44 bits per heavy atom. The summed E-state index contributed by atoms with van der Waals surface area (Å²) in [5, 5.41) is 0. The van der Waals surface area contributed by atoms with E-state index < -0.39 is 15.4 Å². The second-order valence-electron chi connectivity index (χ2n) is 3.19. The van der Waals surface area contributed by atoms with Crippen LogP contribution in [0.4, 0.5) is 0 Å². The fraction of sp³-hybridized carbons (Fsp3) is 0.417. The third kappa shape index (κ3) is 3.46. The summed E-state index contributed by atoms with van der Waals surface area (Å²) in [6.07, 6.45) is 0. The van der Waals surface area contributed by atoms with Crippen LogP contribution in [0.1, 0.15) is 24.2 Å². The molecule has 88 valence electrons. The van der Waals surface area contributed by atoms with Crippen LogP contribution in [0.5, 0.6) is 0 Å². The molecule has 0 aliphatic carbocycles. The number of carbonyl (C=O) groups is 1. The van der Waals surface area contributed by atoms with Crippen LogP contribution >= 0.6 is 11.8 Å². The summed E-state index contributed by atoms with van der Waals surface area (Å²) < 4.78 is 11.4. The van der Waals surface area contributed by atoms with Crippen molar-refractivity contribution in [1.29, 1.82) is 0 Å². The number of Topliss-reactive ketones (excluding diaryl/α,β-unsaturated/α-hetero) is 1. The molecule has 4 heteroatoms. The van der Waals surface area contributed by atoms with Crippen molar-refractivity contribution in [2.45, 2.75) is 18.4 Å². The lowest BCUT2D eigenvalue weighted by atomic mass is 10.1. The van der Waals surface area contributed by atoms with Crippen LogP contribution < -0.4 is 0 Å². The maximum Gasteiger partial charge on any atom is 0.188 e. The number of hydrogen-bond donors (Lipinski definition) is 0. The van der Waals surface area contributed by atoms with Crippen molar-refractivity contribution in [2.24, 2.45) is 0 Å². The molecule has 1 aromatic carbocycles. The van der Waals surface area contributed by atoms with Crippen LogP contribution in [0.25, 0.3) is 0 Å². The van der Waals surface area contributed by atoms with E-state index in [9.17, 15) is 9.00 Å². The van der Waals surface area contributed by atoms with Crippen molar-refractivity contribution < 1.29 is 9.00 Å². The Morgan fingerprint density at radius 2 is 1.94 bits per heavy atom. The molecule has 1 rings (SSSR count). The minimum Gasteiger partial charge on any atom is -0.292 e. The van der Waals surface area contributed by atoms with Crippen molar-refractivity contribution in [3.8, 4) is 0 Å². The molecule has 16 heavy (non-hydrogen) atoms. The second kappa shape index (κ2) is 6.86. The number of rotatable bonds is 6. The second-order valence-corrected chi connectivity index (χ2v) is 6.68. The first-order chi connectivity index (χ1) is 7.70. The van der Waals surface area contributed by atoms with Gasteiger partial charge >= 0.3 is 0 Å². The minimum absolute atomic E-state index is 0.0207. The SMILES string of the molecule is CCSC(C(=O)c1ccccc1)S(=O)CC. The van der Waals surface area contributed by atoms with Gasteiger partial charge in [0, 0.05) is 22.1 Å². The predicted octanol–water partition coefficient (Wildman–Crippen LogP) is 2.72. The third-order valence-electron chi connectivity index (χ3n) is 2.11. The summed E-state index contributed by atoms with van der Waals surface area (Å²) in [5.74, 6) is 1.30. The molecule has 0 aliphatic rings. The number of hydrogen-bond acceptors (Lipinski definition) is 3. The van der Waals surface area contributed by atoms with E-state index in [1.165, 1.54) is 11.8 Å². The van der Waals surface area contributed by atoms with E-state index in [1.54, 1.807) is 12.1 Å². The molecule has 0 spiro atoms. The quantitative estimate of drug-likeness (QED) is 0.734. The summed E-state index contributed by atoms with van der Waals surface area (Å²) in [7, 11) is -1.08. The molecule has 0 fully saturated rings. The lowest BCUT2D eigenvalue weighted by Crippen LogP contribution is -2.24. The summed E-state index contributed by atoms with van der Waals surface area (Å²) in [6.45, 7) is 3.82. The molecule has 0 saturated heterocycles. The standard InChI is InChI=1S/C12H16O2S2/c1-3-15-12(16(14)4-2)11(13)10-8-6-5-7-9-10/h5-9,12H,3-4H2,1-2H3. The molecule has 0 saturated carbocycles. The smallest absolute Gasteiger partial charge is 0.188 e. The van der Waals surface area contributed by atoms with Gasteiger partial charge in [0.1, 0.15) is 4.58 Å². The fourth-order valence-corrected chi connectivity index (χ4v) is 4.00. The monoisotopic (exact) mass is 256 g/mol. The molecule has 0 aromatic heterocycles. The number of thioether (sulfide) groups is 1. The summed E-state index contributed by atoms with van der Waals surface area (Å²) >= 11 is 1.46. The first-order valence-corrected chi connectivity index (χ1v) is 7.71. The maximum atomic E-state index is 12.1. The van der Waals surface area contributed by atoms with Gasteiger partial charge in [-0.05, 0) is 5.75 Å². The molecule has 2 atom stereocenters. The first kappa shape index (κ1) is 13.5. The number of carbonyl (C=O) groups excluding carboxylic acids is 1. The van der Waals surface area contributed by atoms with Gasteiger partial charge in [-0.2, -0.15) is 0 Å². The molecule has 0 aliphatic heterocycles. The molecule has 2 nitrogen and oxygen atoms in total. The molecule has 2 unspecified atom stereocenters. The Labute approximate surface area is 103 Å². The van der Waals surface area contributed by atoms with Crippen molar-refractivity contribution in [1.82, 2.24) is 0 Å². The normalized spacial score (nSPS) is 14.4. The highest BCUT2D eigenvalue weighted by Gasteiger charge is 2.24. The van der Waals surface area contributed by atoms with E-state index in [2.05, 4.69) is 0 Å². The molecule has 0 heterocycles. The topological polar surface area (TPSA) is 34.1 Å². The molecule has 0 N–H and O–H groups in total. The maximum absolute atomic E-state index is 12.1. The minimum atomic E-state index is -1.08. The largest absolute Gasteiger partial charge is 0.292 e. The first-order valence-electron chi connectivity index (χ1n) is 5.28. The van der Waals surface area contributed by atoms with E-state index in [0.29, 0.717) is 11.3 Å². The van der Waals surface area contributed by atoms with Crippen molar-refractivity contribution >= 4 is 28.3 Å². The molecule has 0 radical (unpaired) electrons. The Kier molecular flexibility index (Phi) is 5.77. The van der Waals surface area contributed by atoms with Gasteiger partial charge in [-0.25, -0.2) is 0 Å². The molecule has 0 bridgehead atoms. The van der Waals surface area contributed by atoms with Gasteiger partial charge in [0.2, 0.25) is 0 Å². The van der Waals surface area contributed by atoms with Crippen molar-refractivity contribution in [3.05, 3.63) is 35.9 Å². The molecule has 0 amide bonds. The van der Waals surface area contributed by atoms with Crippen LogP contribution in [0, 0.1) is 0 Å². The third-order valence-corrected chi connectivity index (χ3v) is 5.28. The Morgan fingerprint density at radius 1 is 1.31 bits per heavy atom. The van der Waals surface area contributed by atoms with Crippen LogP contribution in [0.2, 0.25) is 0 Å². The highest BCUT2D eigenvalue weighted by atomic mass is 32.2. The van der Waals surface area contributed by atoms with Crippen molar-refractivity contribution in [2.75, 3.05) is 11.5 Å². The molecule has 1 aromatic rings. The highest BCUT2D eigenvalue weighted by Crippen LogP contribution is 2.20. The van der Waals surface area contributed by atoms with Crippen LogP contribution in [-0.2, 0) is 10.8 Å². The Hall–Kier alpha value is -0.610. The predicted molar refractivity (Wildman–Crippen MR) is 71.4 cm³/mol. The van der Waals surface area contributed by atoms with Crippen LogP contribution in [-0.4, -0.2) is 26.1 Å². The summed E-state index contributed by atoms with van der Waals surface area (Å²) in [5.41, 5.74) is 0.648. The summed E-state index contributed by atoms with van der Waals surface area (Å²) in [4.78, 5) is 12.1. The number of benzene rings is 1. The van der Waals surface area contributed by atoms with Crippen LogP contribution in [0.15, 0.2) is 30.3 Å². The van der Waals surface area contributed by atoms with Gasteiger partial charge in [0.05, 0.1) is 0 Å². The zero-order valence-corrected chi connectivity index (χ0v) is 11.1. The van der Waals surface area contributed by atoms with E-state index in [4.69, 9.17) is 0 Å². The lowest BCUT2D eigenvalue weighted by Gasteiger charge is -2.13. The zero-order chi connectivity index (χ0) is 12.0. The van der Waals surface area contributed by atoms with E-state index >= 15 is 0 Å². The van der Waals surface area contributed by atoms with Crippen LogP contribution in [0.3, 0.4) is 0 Å². The average molecular weight is 256 g/mol. The van der Waals surface area contributed by atoms with E-state index in [0.717, 1.165) is 5.75 Å². The van der Waals surface area contributed by atoms with Gasteiger partial charge in [0.25, 0.3) is 0 Å². The number of ketones is 1. The van der Waals surface area contributed by atoms with Gasteiger partial charge in [-0.3, -0.25) is 9.00 Å². The fourth-order valence-electron chi connectivity index (χ4n) is 1.31. The van der Waals surface area contributed by atoms with Gasteiger partial charge in [-0.1, -0.05) is 44.2 Å². The van der Waals surface area contributed by atoms with E-state index in [-0.39, 0.29) is 5.78 Å².